The number of rotatable bonds is 4. The highest BCUT2D eigenvalue weighted by atomic mass is 16.5. The molecule has 1 aromatic carbocycles. The number of nitrogens with zero attached hydrogens (tertiary/aromatic N) is 2. The lowest BCUT2D eigenvalue weighted by atomic mass is 9.92. The Morgan fingerprint density at radius 1 is 1.13 bits per heavy atom. The van der Waals surface area contributed by atoms with E-state index in [1.165, 1.54) is 30.4 Å². The number of amides is 1. The van der Waals surface area contributed by atoms with Gasteiger partial charge in [-0.3, -0.25) is 4.79 Å². The number of aryl methyl sites for hydroxylation is 2. The Morgan fingerprint density at radius 3 is 2.52 bits per heavy atom. The van der Waals surface area contributed by atoms with E-state index in [2.05, 4.69) is 24.1 Å². The maximum atomic E-state index is 12.7. The Labute approximate surface area is 139 Å². The van der Waals surface area contributed by atoms with E-state index in [0.717, 1.165) is 38.3 Å². The molecule has 0 saturated carbocycles. The van der Waals surface area contributed by atoms with Crippen LogP contribution in [0.3, 0.4) is 0 Å². The van der Waals surface area contributed by atoms with Gasteiger partial charge in [0.2, 0.25) is 0 Å². The number of likely N-dealkylation sites (N-methyl/N-ethyl adjacent to an activating group) is 1. The number of ether oxygens (including phenoxy) is 1. The van der Waals surface area contributed by atoms with E-state index in [0.29, 0.717) is 6.42 Å². The SMILES string of the molecule is CC[C@@H](Oc1ccc2c(c1)CCCC2)C(=O)N1CCN(C)CC1. The first-order valence-corrected chi connectivity index (χ1v) is 8.93. The molecule has 1 amide bonds. The van der Waals surface area contributed by atoms with Gasteiger partial charge in [-0.05, 0) is 62.4 Å². The van der Waals surface area contributed by atoms with Crippen LogP contribution >= 0.6 is 0 Å². The first-order valence-electron chi connectivity index (χ1n) is 8.93. The van der Waals surface area contributed by atoms with Crippen molar-refractivity contribution in [3.8, 4) is 5.75 Å². The van der Waals surface area contributed by atoms with E-state index in [1.54, 1.807) is 0 Å². The van der Waals surface area contributed by atoms with Gasteiger partial charge in [0.1, 0.15) is 5.75 Å². The number of benzene rings is 1. The van der Waals surface area contributed by atoms with Crippen LogP contribution in [0.2, 0.25) is 0 Å². The van der Waals surface area contributed by atoms with Crippen LogP contribution in [-0.4, -0.2) is 55.0 Å². The summed E-state index contributed by atoms with van der Waals surface area (Å²) in [5.41, 5.74) is 2.85. The highest BCUT2D eigenvalue weighted by Gasteiger charge is 2.27. The first kappa shape index (κ1) is 16.3. The van der Waals surface area contributed by atoms with Gasteiger partial charge in [-0.2, -0.15) is 0 Å². The van der Waals surface area contributed by atoms with E-state index in [-0.39, 0.29) is 12.0 Å². The highest BCUT2D eigenvalue weighted by molar-refractivity contribution is 5.81. The standard InChI is InChI=1S/C19H28N2O2/c1-3-18(19(22)21-12-10-20(2)11-13-21)23-17-9-8-15-6-4-5-7-16(15)14-17/h8-9,14,18H,3-7,10-13H2,1-2H3/t18-/m1/s1. The summed E-state index contributed by atoms with van der Waals surface area (Å²) < 4.78 is 6.07. The zero-order valence-corrected chi connectivity index (χ0v) is 14.4. The maximum Gasteiger partial charge on any atom is 0.263 e. The van der Waals surface area contributed by atoms with Crippen molar-refractivity contribution in [1.29, 1.82) is 0 Å². The minimum Gasteiger partial charge on any atom is -0.481 e. The quantitative estimate of drug-likeness (QED) is 0.855. The van der Waals surface area contributed by atoms with Crippen molar-refractivity contribution < 1.29 is 9.53 Å². The molecule has 0 spiro atoms. The van der Waals surface area contributed by atoms with Gasteiger partial charge in [-0.25, -0.2) is 0 Å². The third kappa shape index (κ3) is 3.86. The summed E-state index contributed by atoms with van der Waals surface area (Å²) in [4.78, 5) is 16.9. The summed E-state index contributed by atoms with van der Waals surface area (Å²) in [6.07, 6.45) is 5.20. The topological polar surface area (TPSA) is 32.8 Å². The number of carbonyl (C=O) groups excluding carboxylic acids is 1. The molecular formula is C19H28N2O2. The third-order valence-electron chi connectivity index (χ3n) is 5.06. The molecule has 2 aliphatic rings. The van der Waals surface area contributed by atoms with Gasteiger partial charge in [0.15, 0.2) is 6.10 Å². The Morgan fingerprint density at radius 2 is 1.83 bits per heavy atom. The first-order chi connectivity index (χ1) is 11.2. The molecule has 1 aliphatic heterocycles. The number of fused-ring (bicyclic) bond motifs is 1. The average molecular weight is 316 g/mol. The zero-order chi connectivity index (χ0) is 16.2. The summed E-state index contributed by atoms with van der Waals surface area (Å²) >= 11 is 0. The monoisotopic (exact) mass is 316 g/mol. The molecule has 0 radical (unpaired) electrons. The number of hydrogen-bond acceptors (Lipinski definition) is 3. The van der Waals surface area contributed by atoms with Gasteiger partial charge in [0, 0.05) is 26.2 Å². The van der Waals surface area contributed by atoms with E-state index in [1.807, 2.05) is 17.9 Å². The molecule has 1 fully saturated rings. The van der Waals surface area contributed by atoms with Crippen LogP contribution < -0.4 is 4.74 Å². The summed E-state index contributed by atoms with van der Waals surface area (Å²) in [6.45, 7) is 5.53. The average Bonchev–Trinajstić information content (AvgIpc) is 2.59. The summed E-state index contributed by atoms with van der Waals surface area (Å²) in [5, 5.41) is 0. The Kier molecular flexibility index (Phi) is 5.21. The van der Waals surface area contributed by atoms with Crippen LogP contribution in [0.1, 0.15) is 37.3 Å². The van der Waals surface area contributed by atoms with Gasteiger partial charge in [0.25, 0.3) is 5.91 Å². The van der Waals surface area contributed by atoms with E-state index < -0.39 is 0 Å². The molecule has 0 unspecified atom stereocenters. The summed E-state index contributed by atoms with van der Waals surface area (Å²) in [6, 6.07) is 6.36. The van der Waals surface area contributed by atoms with Crippen LogP contribution in [-0.2, 0) is 17.6 Å². The molecular weight excluding hydrogens is 288 g/mol. The molecule has 0 aromatic heterocycles. The Hall–Kier alpha value is -1.55. The molecule has 126 valence electrons. The lowest BCUT2D eigenvalue weighted by Crippen LogP contribution is -2.51. The fraction of sp³-hybridized carbons (Fsp3) is 0.632. The van der Waals surface area contributed by atoms with E-state index >= 15 is 0 Å². The lowest BCUT2D eigenvalue weighted by molar-refractivity contribution is -0.140. The maximum absolute atomic E-state index is 12.7. The summed E-state index contributed by atoms with van der Waals surface area (Å²) in [5.74, 6) is 0.985. The predicted octanol–water partition coefficient (Wildman–Crippen LogP) is 2.50. The van der Waals surface area contributed by atoms with Crippen molar-refractivity contribution in [2.75, 3.05) is 33.2 Å². The van der Waals surface area contributed by atoms with Gasteiger partial charge < -0.3 is 14.5 Å². The second-order valence-corrected chi connectivity index (χ2v) is 6.78. The minimum absolute atomic E-state index is 0.137. The van der Waals surface area contributed by atoms with Crippen molar-refractivity contribution in [1.82, 2.24) is 9.80 Å². The molecule has 1 atom stereocenters. The fourth-order valence-electron chi connectivity index (χ4n) is 3.49. The fourth-order valence-corrected chi connectivity index (χ4v) is 3.49. The van der Waals surface area contributed by atoms with Crippen molar-refractivity contribution >= 4 is 5.91 Å². The Bertz CT molecular complexity index is 550. The van der Waals surface area contributed by atoms with Gasteiger partial charge in [-0.1, -0.05) is 13.0 Å². The smallest absolute Gasteiger partial charge is 0.263 e. The molecule has 4 nitrogen and oxygen atoms in total. The number of carbonyl (C=O) groups is 1. The second kappa shape index (κ2) is 7.35. The molecule has 4 heteroatoms. The summed E-state index contributed by atoms with van der Waals surface area (Å²) in [7, 11) is 2.10. The molecule has 3 rings (SSSR count). The van der Waals surface area contributed by atoms with Crippen molar-refractivity contribution in [3.05, 3.63) is 29.3 Å². The molecule has 1 saturated heterocycles. The van der Waals surface area contributed by atoms with Crippen molar-refractivity contribution in [2.24, 2.45) is 0 Å². The van der Waals surface area contributed by atoms with Gasteiger partial charge in [-0.15, -0.1) is 0 Å². The van der Waals surface area contributed by atoms with Crippen molar-refractivity contribution in [2.45, 2.75) is 45.1 Å². The molecule has 1 aromatic rings. The normalized spacial score (nSPS) is 20.0. The molecule has 0 bridgehead atoms. The van der Waals surface area contributed by atoms with Crippen LogP contribution in [0.4, 0.5) is 0 Å². The van der Waals surface area contributed by atoms with Gasteiger partial charge in [0.05, 0.1) is 0 Å². The van der Waals surface area contributed by atoms with Gasteiger partial charge >= 0.3 is 0 Å². The zero-order valence-electron chi connectivity index (χ0n) is 14.4. The van der Waals surface area contributed by atoms with Crippen LogP contribution in [0.5, 0.6) is 5.75 Å². The van der Waals surface area contributed by atoms with Crippen LogP contribution in [0, 0.1) is 0 Å². The molecule has 23 heavy (non-hydrogen) atoms. The lowest BCUT2D eigenvalue weighted by Gasteiger charge is -2.34. The van der Waals surface area contributed by atoms with Crippen LogP contribution in [0.25, 0.3) is 0 Å². The Balaban J connectivity index is 1.65. The molecule has 1 heterocycles. The second-order valence-electron chi connectivity index (χ2n) is 6.78. The van der Waals surface area contributed by atoms with Crippen molar-refractivity contribution in [3.63, 3.8) is 0 Å². The molecule has 1 aliphatic carbocycles. The number of hydrogen-bond donors (Lipinski definition) is 0. The molecule has 0 N–H and O–H groups in total. The largest absolute Gasteiger partial charge is 0.481 e. The van der Waals surface area contributed by atoms with Crippen LogP contribution in [0.15, 0.2) is 18.2 Å². The third-order valence-corrected chi connectivity index (χ3v) is 5.06. The minimum atomic E-state index is -0.361. The van der Waals surface area contributed by atoms with E-state index in [9.17, 15) is 4.79 Å². The highest BCUT2D eigenvalue weighted by Crippen LogP contribution is 2.26. The number of piperazine rings is 1. The van der Waals surface area contributed by atoms with E-state index in [4.69, 9.17) is 4.74 Å². The predicted molar refractivity (Wildman–Crippen MR) is 91.9 cm³/mol.